The van der Waals surface area contributed by atoms with Crippen LogP contribution in [0.2, 0.25) is 5.02 Å². The Morgan fingerprint density at radius 2 is 2.12 bits per heavy atom. The van der Waals surface area contributed by atoms with E-state index >= 15 is 0 Å². The third-order valence-electron chi connectivity index (χ3n) is 1.98. The molecule has 94 valence electrons. The molecule has 1 aromatic rings. The lowest BCUT2D eigenvalue weighted by Crippen LogP contribution is -2.18. The summed E-state index contributed by atoms with van der Waals surface area (Å²) in [6, 6.07) is 2.04. The molecule has 0 aliphatic carbocycles. The third-order valence-corrected chi connectivity index (χ3v) is 3.67. The molecule has 0 spiro atoms. The Bertz CT molecular complexity index is 560. The first-order valence-corrected chi connectivity index (χ1v) is 6.59. The number of halogens is 2. The molecule has 0 aliphatic rings. The molecule has 3 N–H and O–H groups in total. The quantitative estimate of drug-likeness (QED) is 0.872. The first kappa shape index (κ1) is 13.7. The molecule has 0 bridgehead atoms. The minimum absolute atomic E-state index is 0.0799. The Balaban J connectivity index is 3.30. The fraction of sp³-hybridized carbons (Fsp3) is 0.222. The van der Waals surface area contributed by atoms with E-state index < -0.39 is 27.3 Å². The van der Waals surface area contributed by atoms with Gasteiger partial charge < -0.3 is 5.73 Å². The smallest absolute Gasteiger partial charge is 0.253 e. The molecule has 5 nitrogen and oxygen atoms in total. The van der Waals surface area contributed by atoms with Crippen LogP contribution in [-0.4, -0.2) is 20.1 Å². The van der Waals surface area contributed by atoms with Gasteiger partial charge in [-0.15, -0.1) is 0 Å². The highest BCUT2D eigenvalue weighted by Crippen LogP contribution is 2.28. The monoisotopic (exact) mass is 280 g/mol. The van der Waals surface area contributed by atoms with Crippen LogP contribution in [0, 0.1) is 5.82 Å². The Morgan fingerprint density at radius 3 is 2.59 bits per heavy atom. The highest BCUT2D eigenvalue weighted by Gasteiger charge is 2.18. The van der Waals surface area contributed by atoms with Gasteiger partial charge in [-0.3, -0.25) is 9.52 Å². The van der Waals surface area contributed by atoms with Crippen molar-refractivity contribution in [3.8, 4) is 0 Å². The SMILES string of the molecule is CCS(=O)(=O)Nc1ccc(F)c(C(N)=O)c1Cl. The van der Waals surface area contributed by atoms with Gasteiger partial charge in [-0.2, -0.15) is 0 Å². The molecule has 1 aromatic carbocycles. The van der Waals surface area contributed by atoms with E-state index in [2.05, 4.69) is 4.72 Å². The summed E-state index contributed by atoms with van der Waals surface area (Å²) >= 11 is 5.70. The highest BCUT2D eigenvalue weighted by molar-refractivity contribution is 7.92. The van der Waals surface area contributed by atoms with Crippen LogP contribution in [-0.2, 0) is 10.0 Å². The first-order valence-electron chi connectivity index (χ1n) is 4.56. The standard InChI is InChI=1S/C9H10ClFN2O3S/c1-2-17(15,16)13-6-4-3-5(11)7(8(6)10)9(12)14/h3-4,13H,2H2,1H3,(H2,12,14). The molecule has 1 rings (SSSR count). The predicted molar refractivity (Wildman–Crippen MR) is 63.0 cm³/mol. The number of anilines is 1. The average molecular weight is 281 g/mol. The molecule has 0 unspecified atom stereocenters. The zero-order chi connectivity index (χ0) is 13.2. The minimum atomic E-state index is -3.56. The summed E-state index contributed by atoms with van der Waals surface area (Å²) in [5.41, 5.74) is 4.32. The van der Waals surface area contributed by atoms with Crippen LogP contribution in [0.1, 0.15) is 17.3 Å². The molecule has 0 aromatic heterocycles. The predicted octanol–water partition coefficient (Wildman–Crippen LogP) is 1.34. The summed E-state index contributed by atoms with van der Waals surface area (Å²) in [4.78, 5) is 11.0. The van der Waals surface area contributed by atoms with Crippen molar-refractivity contribution >= 4 is 33.2 Å². The Hall–Kier alpha value is -1.34. The summed E-state index contributed by atoms with van der Waals surface area (Å²) in [5, 5.41) is -0.352. The number of benzene rings is 1. The molecule has 0 saturated heterocycles. The number of rotatable bonds is 4. The van der Waals surface area contributed by atoms with Gasteiger partial charge in [-0.05, 0) is 19.1 Å². The fourth-order valence-electron chi connectivity index (χ4n) is 1.10. The number of amides is 1. The van der Waals surface area contributed by atoms with Crippen molar-refractivity contribution < 1.29 is 17.6 Å². The lowest BCUT2D eigenvalue weighted by atomic mass is 10.2. The van der Waals surface area contributed by atoms with E-state index in [4.69, 9.17) is 17.3 Å². The van der Waals surface area contributed by atoms with Crippen LogP contribution in [0.5, 0.6) is 0 Å². The third kappa shape index (κ3) is 3.07. The van der Waals surface area contributed by atoms with E-state index in [1.165, 1.54) is 6.92 Å². The van der Waals surface area contributed by atoms with Gasteiger partial charge in [-0.25, -0.2) is 12.8 Å². The topological polar surface area (TPSA) is 89.3 Å². The van der Waals surface area contributed by atoms with Crippen molar-refractivity contribution in [1.82, 2.24) is 0 Å². The van der Waals surface area contributed by atoms with E-state index in [-0.39, 0.29) is 16.5 Å². The number of primary amides is 1. The van der Waals surface area contributed by atoms with E-state index in [0.717, 1.165) is 12.1 Å². The molecule has 17 heavy (non-hydrogen) atoms. The second kappa shape index (κ2) is 4.89. The fourth-order valence-corrected chi connectivity index (χ4v) is 2.10. The lowest BCUT2D eigenvalue weighted by Gasteiger charge is -2.10. The maximum Gasteiger partial charge on any atom is 0.253 e. The average Bonchev–Trinajstić information content (AvgIpc) is 2.22. The summed E-state index contributed by atoms with van der Waals surface area (Å²) in [7, 11) is -3.56. The van der Waals surface area contributed by atoms with Crippen molar-refractivity contribution in [1.29, 1.82) is 0 Å². The molecular formula is C9H10ClFN2O3S. The largest absolute Gasteiger partial charge is 0.365 e. The van der Waals surface area contributed by atoms with Crippen LogP contribution >= 0.6 is 11.6 Å². The van der Waals surface area contributed by atoms with Crippen molar-refractivity contribution in [3.05, 3.63) is 28.5 Å². The van der Waals surface area contributed by atoms with Crippen LogP contribution in [0.3, 0.4) is 0 Å². The Kier molecular flexibility index (Phi) is 3.94. The summed E-state index contributed by atoms with van der Waals surface area (Å²) < 4.78 is 38.0. The molecule has 0 heterocycles. The first-order chi connectivity index (χ1) is 7.78. The Labute approximate surface area is 103 Å². The molecule has 8 heteroatoms. The number of carbonyl (C=O) groups excluding carboxylic acids is 1. The number of hydrogen-bond donors (Lipinski definition) is 2. The Morgan fingerprint density at radius 1 is 1.53 bits per heavy atom. The molecule has 0 atom stereocenters. The summed E-state index contributed by atoms with van der Waals surface area (Å²) in [5.74, 6) is -2.14. The van der Waals surface area contributed by atoms with Crippen molar-refractivity contribution in [2.75, 3.05) is 10.5 Å². The highest BCUT2D eigenvalue weighted by atomic mass is 35.5. The zero-order valence-electron chi connectivity index (χ0n) is 8.83. The number of nitrogens with two attached hydrogens (primary N) is 1. The summed E-state index contributed by atoms with van der Waals surface area (Å²) in [6.45, 7) is 1.43. The van der Waals surface area contributed by atoms with E-state index in [1.807, 2.05) is 0 Å². The van der Waals surface area contributed by atoms with E-state index in [1.54, 1.807) is 0 Å². The molecular weight excluding hydrogens is 271 g/mol. The molecule has 1 amide bonds. The van der Waals surface area contributed by atoms with Gasteiger partial charge in [0.05, 0.1) is 22.0 Å². The number of hydrogen-bond acceptors (Lipinski definition) is 3. The van der Waals surface area contributed by atoms with E-state index in [9.17, 15) is 17.6 Å². The second-order valence-electron chi connectivity index (χ2n) is 3.15. The molecule has 0 saturated carbocycles. The van der Waals surface area contributed by atoms with Crippen molar-refractivity contribution in [2.45, 2.75) is 6.92 Å². The van der Waals surface area contributed by atoms with Gasteiger partial charge in [0, 0.05) is 0 Å². The minimum Gasteiger partial charge on any atom is -0.365 e. The van der Waals surface area contributed by atoms with Crippen LogP contribution < -0.4 is 10.5 Å². The zero-order valence-corrected chi connectivity index (χ0v) is 10.4. The number of carbonyl (C=O) groups is 1. The maximum atomic E-state index is 13.2. The van der Waals surface area contributed by atoms with Gasteiger partial charge in [0.1, 0.15) is 5.82 Å². The van der Waals surface area contributed by atoms with Gasteiger partial charge in [0.25, 0.3) is 5.91 Å². The maximum absolute atomic E-state index is 13.2. The lowest BCUT2D eigenvalue weighted by molar-refractivity contribution is 0.0996. The van der Waals surface area contributed by atoms with Crippen LogP contribution in [0.4, 0.5) is 10.1 Å². The molecule has 0 fully saturated rings. The summed E-state index contributed by atoms with van der Waals surface area (Å²) in [6.07, 6.45) is 0. The van der Waals surface area contributed by atoms with Gasteiger partial charge in [-0.1, -0.05) is 11.6 Å². The van der Waals surface area contributed by atoms with Crippen LogP contribution in [0.15, 0.2) is 12.1 Å². The van der Waals surface area contributed by atoms with Crippen LogP contribution in [0.25, 0.3) is 0 Å². The second-order valence-corrected chi connectivity index (χ2v) is 5.54. The number of nitrogens with one attached hydrogen (secondary N) is 1. The van der Waals surface area contributed by atoms with Crippen molar-refractivity contribution in [2.24, 2.45) is 5.73 Å². The molecule has 0 aliphatic heterocycles. The normalized spacial score (nSPS) is 11.2. The van der Waals surface area contributed by atoms with E-state index in [0.29, 0.717) is 0 Å². The van der Waals surface area contributed by atoms with Gasteiger partial charge in [0.15, 0.2) is 0 Å². The molecule has 0 radical (unpaired) electrons. The van der Waals surface area contributed by atoms with Gasteiger partial charge >= 0.3 is 0 Å². The number of sulfonamides is 1. The van der Waals surface area contributed by atoms with Gasteiger partial charge in [0.2, 0.25) is 10.0 Å². The van der Waals surface area contributed by atoms with Crippen molar-refractivity contribution in [3.63, 3.8) is 0 Å².